The predicted molar refractivity (Wildman–Crippen MR) is 67.1 cm³/mol. The van der Waals surface area contributed by atoms with Gasteiger partial charge in [-0.05, 0) is 24.1 Å². The molecule has 16 heavy (non-hydrogen) atoms. The molecule has 4 heteroatoms. The number of aromatic nitrogens is 2. The maximum atomic E-state index is 5.38. The molecule has 0 amide bonds. The summed E-state index contributed by atoms with van der Waals surface area (Å²) in [5.74, 6) is 7.12. The second kappa shape index (κ2) is 4.14. The zero-order valence-electron chi connectivity index (χ0n) is 9.99. The number of nitrogen functional groups attached to an aromatic ring is 1. The summed E-state index contributed by atoms with van der Waals surface area (Å²) in [6.07, 6.45) is 0.997. The van der Waals surface area contributed by atoms with Crippen LogP contribution in [0.4, 0.5) is 5.69 Å². The van der Waals surface area contributed by atoms with Gasteiger partial charge in [-0.1, -0.05) is 13.8 Å². The number of nitrogens with zero attached hydrogens (tertiary/aromatic N) is 2. The smallest absolute Gasteiger partial charge is 0.109 e. The number of rotatable bonds is 3. The Morgan fingerprint density at radius 3 is 2.81 bits per heavy atom. The number of anilines is 1. The van der Waals surface area contributed by atoms with Gasteiger partial charge in [-0.15, -0.1) is 0 Å². The van der Waals surface area contributed by atoms with Gasteiger partial charge in [0.2, 0.25) is 0 Å². The van der Waals surface area contributed by atoms with Crippen LogP contribution in [0, 0.1) is 5.92 Å². The van der Waals surface area contributed by atoms with Crippen molar-refractivity contribution in [1.29, 1.82) is 0 Å². The molecule has 2 aromatic rings. The van der Waals surface area contributed by atoms with E-state index in [-0.39, 0.29) is 0 Å². The summed E-state index contributed by atoms with van der Waals surface area (Å²) in [5, 5.41) is 0. The van der Waals surface area contributed by atoms with Crippen LogP contribution in [0.15, 0.2) is 18.2 Å². The molecule has 0 aliphatic rings. The molecule has 0 atom stereocenters. The van der Waals surface area contributed by atoms with E-state index < -0.39 is 0 Å². The van der Waals surface area contributed by atoms with Crippen molar-refractivity contribution in [2.75, 3.05) is 5.43 Å². The Labute approximate surface area is 95.4 Å². The maximum Gasteiger partial charge on any atom is 0.109 e. The third-order valence-electron chi connectivity index (χ3n) is 2.73. The third kappa shape index (κ3) is 1.88. The van der Waals surface area contributed by atoms with E-state index in [1.54, 1.807) is 0 Å². The van der Waals surface area contributed by atoms with Crippen molar-refractivity contribution in [2.45, 2.75) is 20.3 Å². The summed E-state index contributed by atoms with van der Waals surface area (Å²) in [4.78, 5) is 4.63. The first-order valence-electron chi connectivity index (χ1n) is 5.53. The second-order valence-corrected chi connectivity index (χ2v) is 4.53. The van der Waals surface area contributed by atoms with Gasteiger partial charge in [-0.25, -0.2) is 4.98 Å². The minimum atomic E-state index is 0.614. The number of aryl methyl sites for hydroxylation is 1. The fraction of sp³-hybridized carbons (Fsp3) is 0.417. The van der Waals surface area contributed by atoms with Gasteiger partial charge in [0.25, 0.3) is 0 Å². The molecule has 4 nitrogen and oxygen atoms in total. The Bertz CT molecular complexity index is 499. The van der Waals surface area contributed by atoms with E-state index >= 15 is 0 Å². The van der Waals surface area contributed by atoms with E-state index in [2.05, 4.69) is 35.9 Å². The first kappa shape index (κ1) is 11.0. The quantitative estimate of drug-likeness (QED) is 0.612. The van der Waals surface area contributed by atoms with E-state index in [4.69, 9.17) is 5.84 Å². The topological polar surface area (TPSA) is 55.9 Å². The number of hydrogen-bond acceptors (Lipinski definition) is 3. The Hall–Kier alpha value is -1.55. The lowest BCUT2D eigenvalue weighted by atomic mass is 10.1. The number of imidazole rings is 1. The zero-order chi connectivity index (χ0) is 11.7. The molecule has 0 fully saturated rings. The van der Waals surface area contributed by atoms with Crippen molar-refractivity contribution in [3.63, 3.8) is 0 Å². The number of benzene rings is 1. The lowest BCUT2D eigenvalue weighted by molar-refractivity contribution is 0.606. The highest BCUT2D eigenvalue weighted by atomic mass is 15.2. The molecule has 1 heterocycles. The van der Waals surface area contributed by atoms with Crippen molar-refractivity contribution in [1.82, 2.24) is 9.55 Å². The molecule has 2 rings (SSSR count). The van der Waals surface area contributed by atoms with Crippen LogP contribution in [-0.2, 0) is 13.5 Å². The van der Waals surface area contributed by atoms with Crippen molar-refractivity contribution in [3.8, 4) is 0 Å². The second-order valence-electron chi connectivity index (χ2n) is 4.53. The van der Waals surface area contributed by atoms with Gasteiger partial charge in [-0.3, -0.25) is 5.84 Å². The SMILES string of the molecule is CC(C)Cc1nc2cc(NN)ccc2n1C. The average Bonchev–Trinajstić information content (AvgIpc) is 2.54. The van der Waals surface area contributed by atoms with Gasteiger partial charge in [0.1, 0.15) is 5.82 Å². The van der Waals surface area contributed by atoms with Gasteiger partial charge >= 0.3 is 0 Å². The van der Waals surface area contributed by atoms with Gasteiger partial charge in [-0.2, -0.15) is 0 Å². The zero-order valence-corrected chi connectivity index (χ0v) is 9.99. The van der Waals surface area contributed by atoms with Crippen molar-refractivity contribution >= 4 is 16.7 Å². The van der Waals surface area contributed by atoms with E-state index in [9.17, 15) is 0 Å². The van der Waals surface area contributed by atoms with Crippen molar-refractivity contribution < 1.29 is 0 Å². The van der Waals surface area contributed by atoms with Crippen LogP contribution in [0.1, 0.15) is 19.7 Å². The van der Waals surface area contributed by atoms with Crippen LogP contribution in [0.2, 0.25) is 0 Å². The third-order valence-corrected chi connectivity index (χ3v) is 2.73. The van der Waals surface area contributed by atoms with Crippen LogP contribution in [-0.4, -0.2) is 9.55 Å². The lowest BCUT2D eigenvalue weighted by Gasteiger charge is -2.04. The molecule has 1 aromatic heterocycles. The Morgan fingerprint density at radius 1 is 1.44 bits per heavy atom. The summed E-state index contributed by atoms with van der Waals surface area (Å²) < 4.78 is 2.15. The van der Waals surface area contributed by atoms with Gasteiger partial charge in [0.05, 0.1) is 16.7 Å². The summed E-state index contributed by atoms with van der Waals surface area (Å²) in [5.41, 5.74) is 5.67. The molecule has 0 saturated heterocycles. The van der Waals surface area contributed by atoms with Gasteiger partial charge < -0.3 is 9.99 Å². The first-order valence-corrected chi connectivity index (χ1v) is 5.53. The number of hydrogen-bond donors (Lipinski definition) is 2. The summed E-state index contributed by atoms with van der Waals surface area (Å²) >= 11 is 0. The molecule has 86 valence electrons. The fourth-order valence-electron chi connectivity index (χ4n) is 1.89. The Kier molecular flexibility index (Phi) is 2.83. The molecule has 0 saturated carbocycles. The summed E-state index contributed by atoms with van der Waals surface area (Å²) in [6, 6.07) is 5.98. The largest absolute Gasteiger partial charge is 0.331 e. The van der Waals surface area contributed by atoms with Crippen LogP contribution in [0.25, 0.3) is 11.0 Å². The molecule has 0 aliphatic carbocycles. The molecule has 1 aromatic carbocycles. The van der Waals surface area contributed by atoms with Crippen LogP contribution in [0.3, 0.4) is 0 Å². The Balaban J connectivity index is 2.50. The number of fused-ring (bicyclic) bond motifs is 1. The molecule has 0 bridgehead atoms. The van der Waals surface area contributed by atoms with Crippen LogP contribution >= 0.6 is 0 Å². The Morgan fingerprint density at radius 2 is 2.19 bits per heavy atom. The molecule has 0 spiro atoms. The fourth-order valence-corrected chi connectivity index (χ4v) is 1.89. The molecule has 0 aliphatic heterocycles. The monoisotopic (exact) mass is 218 g/mol. The van der Waals surface area contributed by atoms with E-state index in [0.29, 0.717) is 5.92 Å². The maximum absolute atomic E-state index is 5.38. The van der Waals surface area contributed by atoms with Gasteiger partial charge in [0.15, 0.2) is 0 Å². The average molecular weight is 218 g/mol. The first-order chi connectivity index (χ1) is 7.61. The minimum Gasteiger partial charge on any atom is -0.331 e. The number of nitrogens with two attached hydrogens (primary N) is 1. The molecule has 3 N–H and O–H groups in total. The summed E-state index contributed by atoms with van der Waals surface area (Å²) in [7, 11) is 2.06. The van der Waals surface area contributed by atoms with Crippen molar-refractivity contribution in [3.05, 3.63) is 24.0 Å². The molecule has 0 unspecified atom stereocenters. The molecular formula is C12H18N4. The van der Waals surface area contributed by atoms with E-state index in [0.717, 1.165) is 29.0 Å². The van der Waals surface area contributed by atoms with E-state index in [1.165, 1.54) is 0 Å². The van der Waals surface area contributed by atoms with Crippen LogP contribution < -0.4 is 11.3 Å². The minimum absolute atomic E-state index is 0.614. The predicted octanol–water partition coefficient (Wildman–Crippen LogP) is 2.06. The van der Waals surface area contributed by atoms with E-state index in [1.807, 2.05) is 18.2 Å². The van der Waals surface area contributed by atoms with Crippen LogP contribution in [0.5, 0.6) is 0 Å². The van der Waals surface area contributed by atoms with Gasteiger partial charge in [0, 0.05) is 13.5 Å². The highest BCUT2D eigenvalue weighted by molar-refractivity contribution is 5.80. The highest BCUT2D eigenvalue weighted by Gasteiger charge is 2.09. The number of nitrogens with one attached hydrogen (secondary N) is 1. The number of hydrazine groups is 1. The normalized spacial score (nSPS) is 11.3. The summed E-state index contributed by atoms with van der Waals surface area (Å²) in [6.45, 7) is 4.40. The molecular weight excluding hydrogens is 200 g/mol. The van der Waals surface area contributed by atoms with Crippen molar-refractivity contribution in [2.24, 2.45) is 18.8 Å². The standard InChI is InChI=1S/C12H18N4/c1-8(2)6-12-14-10-7-9(15-13)4-5-11(10)16(12)3/h4-5,7-8,15H,6,13H2,1-3H3. The molecule has 0 radical (unpaired) electrons. The highest BCUT2D eigenvalue weighted by Crippen LogP contribution is 2.20. The lowest BCUT2D eigenvalue weighted by Crippen LogP contribution is -2.06.